The zero-order valence-electron chi connectivity index (χ0n) is 7.59. The van der Waals surface area contributed by atoms with Crippen LogP contribution < -0.4 is 0 Å². The summed E-state index contributed by atoms with van der Waals surface area (Å²) in [5.74, 6) is 0. The average Bonchev–Trinajstić information content (AvgIpc) is 2.27. The highest BCUT2D eigenvalue weighted by Gasteiger charge is 2.19. The standard InChI is InChI=1S/C9H11N3O2/c13-10-12(14)11-6-5-8-3-1-2-4-9(8)7-11/h1-4,13H,5-7H2/p-1/b12-10+. The lowest BCUT2D eigenvalue weighted by Gasteiger charge is -2.25. The maximum absolute atomic E-state index is 10.9. The predicted molar refractivity (Wildman–Crippen MR) is 50.0 cm³/mol. The van der Waals surface area contributed by atoms with Crippen LogP contribution in [0.5, 0.6) is 0 Å². The number of hydrazine groups is 1. The molecule has 1 aromatic carbocycles. The minimum Gasteiger partial charge on any atom is -0.737 e. The van der Waals surface area contributed by atoms with E-state index in [1.807, 2.05) is 24.3 Å². The van der Waals surface area contributed by atoms with Crippen molar-refractivity contribution < 1.29 is 4.97 Å². The number of rotatable bonds is 1. The molecule has 1 aliphatic heterocycles. The van der Waals surface area contributed by atoms with Gasteiger partial charge in [0.15, 0.2) is 0 Å². The van der Waals surface area contributed by atoms with Crippen molar-refractivity contribution >= 4 is 0 Å². The van der Waals surface area contributed by atoms with E-state index in [4.69, 9.17) is 0 Å². The Kier molecular flexibility index (Phi) is 2.22. The molecule has 2 rings (SSSR count). The van der Waals surface area contributed by atoms with Crippen LogP contribution in [0.4, 0.5) is 0 Å². The zero-order valence-corrected chi connectivity index (χ0v) is 7.59. The molecule has 0 spiro atoms. The summed E-state index contributed by atoms with van der Waals surface area (Å²) in [7, 11) is 0. The Hall–Kier alpha value is -1.78. The molecule has 0 N–H and O–H groups in total. The van der Waals surface area contributed by atoms with Gasteiger partial charge in [-0.15, -0.1) is 5.01 Å². The van der Waals surface area contributed by atoms with E-state index in [9.17, 15) is 10.4 Å². The van der Waals surface area contributed by atoms with Crippen molar-refractivity contribution in [3.8, 4) is 0 Å². The minimum absolute atomic E-state index is 0.121. The van der Waals surface area contributed by atoms with Crippen LogP contribution in [-0.4, -0.2) is 16.5 Å². The molecule has 5 heteroatoms. The van der Waals surface area contributed by atoms with Gasteiger partial charge >= 0.3 is 0 Å². The fourth-order valence-electron chi connectivity index (χ4n) is 1.68. The SMILES string of the molecule is [O-]/N=[N+](/[O-])N1CCc2ccccc2C1. The van der Waals surface area contributed by atoms with E-state index >= 15 is 0 Å². The Morgan fingerprint density at radius 3 is 2.71 bits per heavy atom. The van der Waals surface area contributed by atoms with Crippen molar-refractivity contribution in [1.82, 2.24) is 5.01 Å². The molecule has 0 atom stereocenters. The second-order valence-electron chi connectivity index (χ2n) is 3.24. The molecule has 0 radical (unpaired) electrons. The zero-order chi connectivity index (χ0) is 9.97. The van der Waals surface area contributed by atoms with Gasteiger partial charge in [-0.3, -0.25) is 0 Å². The Morgan fingerprint density at radius 2 is 2.00 bits per heavy atom. The molecule has 5 nitrogen and oxygen atoms in total. The first-order valence-corrected chi connectivity index (χ1v) is 4.43. The number of hydrogen-bond acceptors (Lipinski definition) is 3. The summed E-state index contributed by atoms with van der Waals surface area (Å²) in [5.41, 5.74) is 2.33. The number of fused-ring (bicyclic) bond motifs is 1. The Bertz CT molecular complexity index is 365. The number of nitrogens with zero attached hydrogens (tertiary/aromatic N) is 3. The lowest BCUT2D eigenvalue weighted by atomic mass is 10.0. The van der Waals surface area contributed by atoms with Crippen molar-refractivity contribution in [2.24, 2.45) is 5.28 Å². The van der Waals surface area contributed by atoms with Crippen molar-refractivity contribution in [3.05, 3.63) is 45.8 Å². The number of hydrogen-bond donors (Lipinski definition) is 0. The topological polar surface area (TPSA) is 64.7 Å². The van der Waals surface area contributed by atoms with Gasteiger partial charge < -0.3 is 10.4 Å². The fraction of sp³-hybridized carbons (Fsp3) is 0.333. The van der Waals surface area contributed by atoms with Gasteiger partial charge in [0.05, 0.1) is 6.54 Å². The van der Waals surface area contributed by atoms with E-state index in [0.29, 0.717) is 13.1 Å². The molecule has 14 heavy (non-hydrogen) atoms. The Balaban J connectivity index is 2.21. The van der Waals surface area contributed by atoms with E-state index in [-0.39, 0.29) is 4.97 Å². The van der Waals surface area contributed by atoms with Crippen molar-refractivity contribution in [2.75, 3.05) is 6.54 Å². The third kappa shape index (κ3) is 1.48. The van der Waals surface area contributed by atoms with Crippen LogP contribution in [0.25, 0.3) is 0 Å². The molecule has 1 aliphatic rings. The maximum atomic E-state index is 10.9. The average molecular weight is 192 g/mol. The van der Waals surface area contributed by atoms with Gasteiger partial charge in [0.25, 0.3) is 0 Å². The second kappa shape index (κ2) is 3.53. The Morgan fingerprint density at radius 1 is 1.29 bits per heavy atom. The van der Waals surface area contributed by atoms with Gasteiger partial charge in [-0.1, -0.05) is 24.3 Å². The minimum atomic E-state index is 0.121. The van der Waals surface area contributed by atoms with E-state index in [1.54, 1.807) is 0 Å². The molecule has 0 fully saturated rings. The first-order chi connectivity index (χ1) is 6.81. The molecular formula is C9H10N3O2-. The van der Waals surface area contributed by atoms with Crippen LogP contribution in [0, 0.1) is 10.4 Å². The van der Waals surface area contributed by atoms with Crippen LogP contribution in [0.3, 0.4) is 0 Å². The van der Waals surface area contributed by atoms with Crippen molar-refractivity contribution in [1.29, 1.82) is 0 Å². The van der Waals surface area contributed by atoms with Crippen LogP contribution >= 0.6 is 0 Å². The van der Waals surface area contributed by atoms with Crippen LogP contribution in [0.15, 0.2) is 29.5 Å². The summed E-state index contributed by atoms with van der Waals surface area (Å²) in [5, 5.41) is 24.7. The lowest BCUT2D eigenvalue weighted by Crippen LogP contribution is -2.35. The molecule has 1 heterocycles. The normalized spacial score (nSPS) is 16.6. The van der Waals surface area contributed by atoms with Gasteiger partial charge in [-0.2, -0.15) is 0 Å². The van der Waals surface area contributed by atoms with Crippen LogP contribution in [0.2, 0.25) is 0 Å². The highest BCUT2D eigenvalue weighted by molar-refractivity contribution is 5.28. The molecule has 0 aliphatic carbocycles. The molecular weight excluding hydrogens is 182 g/mol. The maximum Gasteiger partial charge on any atom is 0.102 e. The highest BCUT2D eigenvalue weighted by Crippen LogP contribution is 2.18. The molecule has 0 saturated carbocycles. The van der Waals surface area contributed by atoms with E-state index in [1.165, 1.54) is 10.6 Å². The second-order valence-corrected chi connectivity index (χ2v) is 3.24. The largest absolute Gasteiger partial charge is 0.737 e. The van der Waals surface area contributed by atoms with Gasteiger partial charge in [0, 0.05) is 4.97 Å². The van der Waals surface area contributed by atoms with E-state index in [0.717, 1.165) is 12.0 Å². The summed E-state index contributed by atoms with van der Waals surface area (Å²) in [6.45, 7) is 1.01. The number of benzene rings is 1. The smallest absolute Gasteiger partial charge is 0.102 e. The van der Waals surface area contributed by atoms with Gasteiger partial charge in [-0.05, 0) is 22.8 Å². The first-order valence-electron chi connectivity index (χ1n) is 4.43. The van der Waals surface area contributed by atoms with Crippen LogP contribution in [0.1, 0.15) is 11.1 Å². The first kappa shape index (κ1) is 8.80. The van der Waals surface area contributed by atoms with Gasteiger partial charge in [-0.25, -0.2) is 0 Å². The summed E-state index contributed by atoms with van der Waals surface area (Å²) in [6, 6.07) is 7.89. The molecule has 0 unspecified atom stereocenters. The van der Waals surface area contributed by atoms with Crippen molar-refractivity contribution in [2.45, 2.75) is 13.0 Å². The summed E-state index contributed by atoms with van der Waals surface area (Å²) >= 11 is 0. The summed E-state index contributed by atoms with van der Waals surface area (Å²) < 4.78 is 0. The van der Waals surface area contributed by atoms with E-state index < -0.39 is 0 Å². The fourth-order valence-corrected chi connectivity index (χ4v) is 1.68. The third-order valence-electron chi connectivity index (χ3n) is 2.42. The summed E-state index contributed by atoms with van der Waals surface area (Å²) in [6.07, 6.45) is 0.782. The third-order valence-corrected chi connectivity index (χ3v) is 2.42. The molecule has 0 bridgehead atoms. The van der Waals surface area contributed by atoms with Crippen molar-refractivity contribution in [3.63, 3.8) is 0 Å². The van der Waals surface area contributed by atoms with Gasteiger partial charge in [0.1, 0.15) is 6.54 Å². The van der Waals surface area contributed by atoms with E-state index in [2.05, 4.69) is 5.28 Å². The Labute approximate surface area is 81.4 Å². The molecule has 1 aromatic rings. The molecule has 0 amide bonds. The predicted octanol–water partition coefficient (Wildman–Crippen LogP) is 1.42. The molecule has 74 valence electrons. The quantitative estimate of drug-likeness (QED) is 0.384. The van der Waals surface area contributed by atoms with Crippen LogP contribution in [-0.2, 0) is 13.0 Å². The molecule has 0 saturated heterocycles. The van der Waals surface area contributed by atoms with Gasteiger partial charge in [0.2, 0.25) is 0 Å². The monoisotopic (exact) mass is 192 g/mol. The molecule has 0 aromatic heterocycles. The summed E-state index contributed by atoms with van der Waals surface area (Å²) in [4.78, 5) is 0.121. The highest BCUT2D eigenvalue weighted by atomic mass is 16.6. The lowest BCUT2D eigenvalue weighted by molar-refractivity contribution is -0.695.